The van der Waals surface area contributed by atoms with E-state index in [2.05, 4.69) is 12.2 Å². The van der Waals surface area contributed by atoms with E-state index < -0.39 is 7.37 Å². The van der Waals surface area contributed by atoms with Crippen molar-refractivity contribution in [3.8, 4) is 16.9 Å². The summed E-state index contributed by atoms with van der Waals surface area (Å²) >= 11 is 0. The molecule has 3 heteroatoms. The maximum atomic E-state index is 13.6. The van der Waals surface area contributed by atoms with E-state index in [9.17, 15) is 4.57 Å². The number of allylic oxidation sites excluding steroid dienone is 4. The molecule has 104 valence electrons. The number of hydrogen-bond acceptors (Lipinski definition) is 2. The van der Waals surface area contributed by atoms with Gasteiger partial charge in [0.05, 0.1) is 5.30 Å². The smallest absolute Gasteiger partial charge is 0.303 e. The van der Waals surface area contributed by atoms with E-state index in [0.717, 1.165) is 33.9 Å². The molecule has 0 bridgehead atoms. The largest absolute Gasteiger partial charge is 0.436 e. The minimum atomic E-state index is -3.00. The van der Waals surface area contributed by atoms with Gasteiger partial charge in [-0.2, -0.15) is 0 Å². The van der Waals surface area contributed by atoms with Crippen molar-refractivity contribution in [3.63, 3.8) is 0 Å². The summed E-state index contributed by atoms with van der Waals surface area (Å²) in [5.41, 5.74) is 2.05. The van der Waals surface area contributed by atoms with Crippen molar-refractivity contribution in [2.75, 3.05) is 0 Å². The molecule has 1 heterocycles. The molecule has 2 aliphatic rings. The van der Waals surface area contributed by atoms with Crippen LogP contribution in [0.2, 0.25) is 0 Å². The standard InChI is InChI=1S/C18H15O2P/c19-21(14-8-2-1-3-9-14)18-13-7-5-11-16(18)15-10-4-6-12-17(15)20-21/h1-2,4-7,9-13H,3,8H2. The van der Waals surface area contributed by atoms with E-state index in [4.69, 9.17) is 4.52 Å². The molecule has 4 rings (SSSR count). The average molecular weight is 294 g/mol. The van der Waals surface area contributed by atoms with Crippen LogP contribution >= 0.6 is 7.37 Å². The minimum Gasteiger partial charge on any atom is -0.436 e. The van der Waals surface area contributed by atoms with E-state index in [0.29, 0.717) is 6.42 Å². The van der Waals surface area contributed by atoms with Crippen molar-refractivity contribution in [1.82, 2.24) is 0 Å². The molecule has 2 nitrogen and oxygen atoms in total. The van der Waals surface area contributed by atoms with Crippen LogP contribution in [0.25, 0.3) is 11.1 Å². The normalized spacial score (nSPS) is 22.8. The SMILES string of the molecule is O=P1(C2=CCC=CC2)Oc2ccccc2-c2ccccc21. The van der Waals surface area contributed by atoms with Crippen molar-refractivity contribution in [1.29, 1.82) is 0 Å². The lowest BCUT2D eigenvalue weighted by Crippen LogP contribution is -2.19. The van der Waals surface area contributed by atoms with Gasteiger partial charge in [-0.15, -0.1) is 0 Å². The summed E-state index contributed by atoms with van der Waals surface area (Å²) in [6, 6.07) is 15.7. The Bertz CT molecular complexity index is 817. The first-order valence-corrected chi connectivity index (χ1v) is 8.75. The van der Waals surface area contributed by atoms with Crippen molar-refractivity contribution in [2.24, 2.45) is 0 Å². The van der Waals surface area contributed by atoms with Crippen LogP contribution in [0.15, 0.2) is 72.1 Å². The number of para-hydroxylation sites is 1. The Morgan fingerprint density at radius 3 is 2.48 bits per heavy atom. The molecule has 0 fully saturated rings. The van der Waals surface area contributed by atoms with Crippen LogP contribution in [-0.4, -0.2) is 0 Å². The van der Waals surface area contributed by atoms with Crippen LogP contribution in [0, 0.1) is 0 Å². The number of rotatable bonds is 1. The Morgan fingerprint density at radius 1 is 0.905 bits per heavy atom. The monoisotopic (exact) mass is 294 g/mol. The second kappa shape index (κ2) is 4.75. The van der Waals surface area contributed by atoms with E-state index in [-0.39, 0.29) is 0 Å². The maximum absolute atomic E-state index is 13.6. The van der Waals surface area contributed by atoms with Crippen LogP contribution in [0.1, 0.15) is 12.8 Å². The zero-order chi connectivity index (χ0) is 14.3. The highest BCUT2D eigenvalue weighted by Gasteiger charge is 2.38. The summed E-state index contributed by atoms with van der Waals surface area (Å²) in [7, 11) is -3.00. The first-order chi connectivity index (χ1) is 10.3. The van der Waals surface area contributed by atoms with Crippen molar-refractivity contribution >= 4 is 12.7 Å². The van der Waals surface area contributed by atoms with Crippen LogP contribution in [0.4, 0.5) is 0 Å². The quantitative estimate of drug-likeness (QED) is 0.553. The Hall–Kier alpha value is -2.05. The fraction of sp³-hybridized carbons (Fsp3) is 0.111. The third-order valence-electron chi connectivity index (χ3n) is 3.99. The van der Waals surface area contributed by atoms with Gasteiger partial charge in [-0.3, -0.25) is 4.57 Å². The van der Waals surface area contributed by atoms with Crippen molar-refractivity contribution < 1.29 is 9.09 Å². The summed E-state index contributed by atoms with van der Waals surface area (Å²) < 4.78 is 19.7. The molecule has 1 atom stereocenters. The zero-order valence-corrected chi connectivity index (χ0v) is 12.4. The minimum absolute atomic E-state index is 0.702. The molecule has 0 aromatic heterocycles. The van der Waals surface area contributed by atoms with Crippen LogP contribution in [0.5, 0.6) is 5.75 Å². The molecule has 1 aliphatic carbocycles. The third-order valence-corrected chi connectivity index (χ3v) is 6.59. The van der Waals surface area contributed by atoms with Gasteiger partial charge in [-0.1, -0.05) is 54.6 Å². The van der Waals surface area contributed by atoms with Gasteiger partial charge in [0.25, 0.3) is 0 Å². The fourth-order valence-electron chi connectivity index (χ4n) is 2.96. The molecule has 0 spiro atoms. The van der Waals surface area contributed by atoms with Crippen LogP contribution < -0.4 is 9.83 Å². The fourth-order valence-corrected chi connectivity index (χ4v) is 5.40. The molecule has 2 aromatic carbocycles. The molecule has 1 aliphatic heterocycles. The van der Waals surface area contributed by atoms with E-state index in [1.54, 1.807) is 0 Å². The lowest BCUT2D eigenvalue weighted by Gasteiger charge is -2.30. The molecule has 0 saturated carbocycles. The summed E-state index contributed by atoms with van der Waals surface area (Å²) in [4.78, 5) is 0. The van der Waals surface area contributed by atoms with Gasteiger partial charge in [0.1, 0.15) is 5.75 Å². The predicted octanol–water partition coefficient (Wildman–Crippen LogP) is 4.88. The molecular formula is C18H15O2P. The average Bonchev–Trinajstić information content (AvgIpc) is 2.56. The summed E-state index contributed by atoms with van der Waals surface area (Å²) in [6.07, 6.45) is 7.74. The Kier molecular flexibility index (Phi) is 2.87. The molecule has 21 heavy (non-hydrogen) atoms. The molecule has 0 saturated heterocycles. The van der Waals surface area contributed by atoms with Crippen molar-refractivity contribution in [2.45, 2.75) is 12.8 Å². The molecule has 2 aromatic rings. The number of benzene rings is 2. The lowest BCUT2D eigenvalue weighted by molar-refractivity contribution is 0.497. The topological polar surface area (TPSA) is 26.3 Å². The van der Waals surface area contributed by atoms with E-state index in [1.807, 2.05) is 54.6 Å². The second-order valence-electron chi connectivity index (χ2n) is 5.26. The molecule has 0 radical (unpaired) electrons. The highest BCUT2D eigenvalue weighted by atomic mass is 31.2. The number of hydrogen-bond donors (Lipinski definition) is 0. The lowest BCUT2D eigenvalue weighted by atomic mass is 10.0. The Morgan fingerprint density at radius 2 is 1.67 bits per heavy atom. The maximum Gasteiger partial charge on any atom is 0.303 e. The first kappa shape index (κ1) is 12.7. The highest BCUT2D eigenvalue weighted by Crippen LogP contribution is 2.61. The predicted molar refractivity (Wildman–Crippen MR) is 86.2 cm³/mol. The van der Waals surface area contributed by atoms with Gasteiger partial charge >= 0.3 is 7.37 Å². The van der Waals surface area contributed by atoms with Crippen LogP contribution in [0.3, 0.4) is 0 Å². The molecule has 0 N–H and O–H groups in total. The second-order valence-corrected chi connectivity index (χ2v) is 7.60. The van der Waals surface area contributed by atoms with Gasteiger partial charge in [0.15, 0.2) is 0 Å². The van der Waals surface area contributed by atoms with E-state index >= 15 is 0 Å². The van der Waals surface area contributed by atoms with Crippen LogP contribution in [-0.2, 0) is 4.57 Å². The van der Waals surface area contributed by atoms with E-state index in [1.165, 1.54) is 0 Å². The van der Waals surface area contributed by atoms with Gasteiger partial charge in [-0.05, 0) is 30.5 Å². The van der Waals surface area contributed by atoms with Gasteiger partial charge in [-0.25, -0.2) is 0 Å². The summed E-state index contributed by atoms with van der Waals surface area (Å²) in [5.74, 6) is 0.718. The summed E-state index contributed by atoms with van der Waals surface area (Å²) in [6.45, 7) is 0. The highest BCUT2D eigenvalue weighted by molar-refractivity contribution is 7.71. The van der Waals surface area contributed by atoms with Gasteiger partial charge < -0.3 is 4.52 Å². The number of fused-ring (bicyclic) bond motifs is 3. The Balaban J connectivity index is 1.96. The summed E-state index contributed by atoms with van der Waals surface area (Å²) in [5, 5.41) is 1.73. The first-order valence-electron chi connectivity index (χ1n) is 7.12. The van der Waals surface area contributed by atoms with Gasteiger partial charge in [0, 0.05) is 10.9 Å². The molecular weight excluding hydrogens is 279 g/mol. The Labute approximate surface area is 124 Å². The van der Waals surface area contributed by atoms with Crippen molar-refractivity contribution in [3.05, 3.63) is 72.1 Å². The van der Waals surface area contributed by atoms with Gasteiger partial charge in [0.2, 0.25) is 0 Å². The third kappa shape index (κ3) is 1.91. The zero-order valence-electron chi connectivity index (χ0n) is 11.5. The molecule has 1 unspecified atom stereocenters. The molecule has 0 amide bonds.